The van der Waals surface area contributed by atoms with Crippen molar-refractivity contribution >= 4 is 17.4 Å². The maximum Gasteiger partial charge on any atom is 0.180 e. The molecule has 1 rings (SSSR count). The van der Waals surface area contributed by atoms with Gasteiger partial charge in [-0.3, -0.25) is 9.78 Å². The SMILES string of the molecule is CCc1nc(C(C)C)c(Cl)nc1C(C)=O. The lowest BCUT2D eigenvalue weighted by Gasteiger charge is -2.10. The summed E-state index contributed by atoms with van der Waals surface area (Å²) in [5, 5.41) is 0.340. The molecule has 3 nitrogen and oxygen atoms in total. The summed E-state index contributed by atoms with van der Waals surface area (Å²) in [5.74, 6) is 0.132. The van der Waals surface area contributed by atoms with Gasteiger partial charge in [-0.1, -0.05) is 32.4 Å². The van der Waals surface area contributed by atoms with E-state index in [0.717, 1.165) is 11.4 Å². The fraction of sp³-hybridized carbons (Fsp3) is 0.545. The monoisotopic (exact) mass is 226 g/mol. The molecule has 0 atom stereocenters. The summed E-state index contributed by atoms with van der Waals surface area (Å²) in [6.07, 6.45) is 0.693. The smallest absolute Gasteiger partial charge is 0.180 e. The molecule has 0 aliphatic rings. The highest BCUT2D eigenvalue weighted by atomic mass is 35.5. The van der Waals surface area contributed by atoms with Gasteiger partial charge in [-0.2, -0.15) is 0 Å². The molecule has 82 valence electrons. The Hall–Kier alpha value is -0.960. The molecule has 1 aromatic heterocycles. The molecule has 0 aliphatic heterocycles. The van der Waals surface area contributed by atoms with Crippen LogP contribution in [-0.2, 0) is 6.42 Å². The second kappa shape index (κ2) is 4.71. The van der Waals surface area contributed by atoms with E-state index in [1.807, 2.05) is 20.8 Å². The Morgan fingerprint density at radius 1 is 1.40 bits per heavy atom. The van der Waals surface area contributed by atoms with Crippen molar-refractivity contribution < 1.29 is 4.79 Å². The van der Waals surface area contributed by atoms with E-state index in [-0.39, 0.29) is 11.7 Å². The first-order chi connectivity index (χ1) is 6.97. The third-order valence-corrected chi connectivity index (χ3v) is 2.44. The minimum absolute atomic E-state index is 0.0865. The minimum Gasteiger partial charge on any atom is -0.293 e. The third-order valence-electron chi connectivity index (χ3n) is 2.17. The van der Waals surface area contributed by atoms with Crippen molar-refractivity contribution in [3.63, 3.8) is 0 Å². The number of aromatic nitrogens is 2. The van der Waals surface area contributed by atoms with Gasteiger partial charge in [0.25, 0.3) is 0 Å². The lowest BCUT2D eigenvalue weighted by Crippen LogP contribution is -2.09. The molecule has 0 saturated carbocycles. The van der Waals surface area contributed by atoms with Crippen molar-refractivity contribution in [3.05, 3.63) is 22.2 Å². The number of aryl methyl sites for hydroxylation is 1. The van der Waals surface area contributed by atoms with Crippen LogP contribution in [0.1, 0.15) is 55.5 Å². The lowest BCUT2D eigenvalue weighted by molar-refractivity contribution is 0.101. The van der Waals surface area contributed by atoms with E-state index in [1.54, 1.807) is 0 Å². The van der Waals surface area contributed by atoms with Crippen molar-refractivity contribution in [1.29, 1.82) is 0 Å². The van der Waals surface area contributed by atoms with E-state index in [4.69, 9.17) is 11.6 Å². The van der Waals surface area contributed by atoms with Crippen molar-refractivity contribution in [3.8, 4) is 0 Å². The molecule has 0 unspecified atom stereocenters. The number of carbonyl (C=O) groups is 1. The van der Waals surface area contributed by atoms with Crippen LogP contribution in [-0.4, -0.2) is 15.8 Å². The van der Waals surface area contributed by atoms with E-state index in [2.05, 4.69) is 9.97 Å². The largest absolute Gasteiger partial charge is 0.293 e. The number of hydrogen-bond acceptors (Lipinski definition) is 3. The summed E-state index contributed by atoms with van der Waals surface area (Å²) in [5.41, 5.74) is 1.89. The lowest BCUT2D eigenvalue weighted by atomic mass is 10.1. The molecule has 15 heavy (non-hydrogen) atoms. The average Bonchev–Trinajstić information content (AvgIpc) is 2.16. The maximum absolute atomic E-state index is 11.3. The van der Waals surface area contributed by atoms with Gasteiger partial charge in [0.15, 0.2) is 10.9 Å². The van der Waals surface area contributed by atoms with Crippen LogP contribution in [0.2, 0.25) is 5.15 Å². The van der Waals surface area contributed by atoms with Crippen LogP contribution < -0.4 is 0 Å². The molecule has 0 saturated heterocycles. The number of hydrogen-bond donors (Lipinski definition) is 0. The summed E-state index contributed by atoms with van der Waals surface area (Å²) in [6, 6.07) is 0. The van der Waals surface area contributed by atoms with Crippen molar-refractivity contribution in [2.75, 3.05) is 0 Å². The molecule has 0 aliphatic carbocycles. The first kappa shape index (κ1) is 12.1. The predicted octanol–water partition coefficient (Wildman–Crippen LogP) is 3.02. The fourth-order valence-corrected chi connectivity index (χ4v) is 1.71. The zero-order valence-corrected chi connectivity index (χ0v) is 10.2. The van der Waals surface area contributed by atoms with Crippen LogP contribution in [0.3, 0.4) is 0 Å². The summed E-state index contributed by atoms with van der Waals surface area (Å²) >= 11 is 5.97. The molecule has 1 aromatic rings. The number of halogens is 1. The average molecular weight is 227 g/mol. The topological polar surface area (TPSA) is 42.9 Å². The number of carbonyl (C=O) groups excluding carboxylic acids is 1. The summed E-state index contributed by atoms with van der Waals surface area (Å²) in [6.45, 7) is 7.44. The summed E-state index contributed by atoms with van der Waals surface area (Å²) in [4.78, 5) is 19.8. The Morgan fingerprint density at radius 2 is 2.00 bits per heavy atom. The van der Waals surface area contributed by atoms with Gasteiger partial charge in [0.2, 0.25) is 0 Å². The van der Waals surface area contributed by atoms with E-state index in [0.29, 0.717) is 17.3 Å². The Balaban J connectivity index is 3.35. The Bertz CT molecular complexity index is 388. The highest BCUT2D eigenvalue weighted by Gasteiger charge is 2.16. The molecular weight excluding hydrogens is 212 g/mol. The van der Waals surface area contributed by atoms with E-state index in [9.17, 15) is 4.79 Å². The molecule has 1 heterocycles. The van der Waals surface area contributed by atoms with Gasteiger partial charge in [0.05, 0.1) is 11.4 Å². The third kappa shape index (κ3) is 2.53. The number of ketones is 1. The van der Waals surface area contributed by atoms with Gasteiger partial charge < -0.3 is 0 Å². The molecule has 0 spiro atoms. The summed E-state index contributed by atoms with van der Waals surface area (Å²) < 4.78 is 0. The van der Waals surface area contributed by atoms with Gasteiger partial charge in [-0.25, -0.2) is 4.98 Å². The zero-order valence-electron chi connectivity index (χ0n) is 9.47. The molecule has 0 radical (unpaired) electrons. The Kier molecular flexibility index (Phi) is 3.80. The standard InChI is InChI=1S/C11H15ClN2O/c1-5-8-10(7(4)15)14-11(12)9(13-8)6(2)3/h6H,5H2,1-4H3. The predicted molar refractivity (Wildman–Crippen MR) is 60.5 cm³/mol. The quantitative estimate of drug-likeness (QED) is 0.744. The van der Waals surface area contributed by atoms with Crippen molar-refractivity contribution in [2.24, 2.45) is 0 Å². The van der Waals surface area contributed by atoms with Gasteiger partial charge in [0, 0.05) is 6.92 Å². The molecule has 4 heteroatoms. The summed E-state index contributed by atoms with van der Waals surface area (Å²) in [7, 11) is 0. The first-order valence-electron chi connectivity index (χ1n) is 5.04. The normalized spacial score (nSPS) is 10.8. The Labute approximate surface area is 94.9 Å². The second-order valence-electron chi connectivity index (χ2n) is 3.76. The number of Topliss-reactive ketones (excluding diaryl/α,β-unsaturated/α-hetero) is 1. The molecular formula is C11H15ClN2O. The maximum atomic E-state index is 11.3. The molecule has 0 aromatic carbocycles. The highest BCUT2D eigenvalue weighted by molar-refractivity contribution is 6.30. The van der Waals surface area contributed by atoms with Crippen LogP contribution in [0.25, 0.3) is 0 Å². The molecule has 0 N–H and O–H groups in total. The minimum atomic E-state index is -0.0865. The van der Waals surface area contributed by atoms with Crippen LogP contribution in [0, 0.1) is 0 Å². The van der Waals surface area contributed by atoms with Crippen molar-refractivity contribution in [1.82, 2.24) is 9.97 Å². The molecule has 0 bridgehead atoms. The van der Waals surface area contributed by atoms with Gasteiger partial charge in [-0.05, 0) is 12.3 Å². The fourth-order valence-electron chi connectivity index (χ4n) is 1.36. The highest BCUT2D eigenvalue weighted by Crippen LogP contribution is 2.22. The van der Waals surface area contributed by atoms with Gasteiger partial charge in [0.1, 0.15) is 5.69 Å². The van der Waals surface area contributed by atoms with Gasteiger partial charge >= 0.3 is 0 Å². The Morgan fingerprint density at radius 3 is 2.40 bits per heavy atom. The van der Waals surface area contributed by atoms with Crippen LogP contribution in [0.4, 0.5) is 0 Å². The first-order valence-corrected chi connectivity index (χ1v) is 5.42. The number of rotatable bonds is 3. The van der Waals surface area contributed by atoms with Gasteiger partial charge in [-0.15, -0.1) is 0 Å². The second-order valence-corrected chi connectivity index (χ2v) is 4.12. The van der Waals surface area contributed by atoms with E-state index >= 15 is 0 Å². The van der Waals surface area contributed by atoms with Crippen LogP contribution in [0.15, 0.2) is 0 Å². The van der Waals surface area contributed by atoms with Crippen LogP contribution in [0.5, 0.6) is 0 Å². The van der Waals surface area contributed by atoms with Crippen molar-refractivity contribution in [2.45, 2.75) is 40.0 Å². The zero-order chi connectivity index (χ0) is 11.6. The van der Waals surface area contributed by atoms with Crippen LogP contribution >= 0.6 is 11.6 Å². The molecule has 0 amide bonds. The number of nitrogens with zero attached hydrogens (tertiary/aromatic N) is 2. The van der Waals surface area contributed by atoms with E-state index < -0.39 is 0 Å². The van der Waals surface area contributed by atoms with E-state index in [1.165, 1.54) is 6.92 Å². The molecule has 0 fully saturated rings.